The number of rotatable bonds is 7. The van der Waals surface area contributed by atoms with E-state index in [0.717, 1.165) is 33.2 Å². The summed E-state index contributed by atoms with van der Waals surface area (Å²) >= 11 is 3.31. The van der Waals surface area contributed by atoms with Crippen molar-refractivity contribution in [1.82, 2.24) is 10.3 Å². The highest BCUT2D eigenvalue weighted by molar-refractivity contribution is 7.98. The first-order valence-electron chi connectivity index (χ1n) is 8.62. The fraction of sp³-hybridized carbons (Fsp3) is 0.238. The molecule has 0 saturated carbocycles. The van der Waals surface area contributed by atoms with Crippen LogP contribution in [0.1, 0.15) is 40.1 Å². The lowest BCUT2D eigenvalue weighted by atomic mass is 10.0. The molecule has 140 valence electrons. The summed E-state index contributed by atoms with van der Waals surface area (Å²) in [5.74, 6) is 1.52. The van der Waals surface area contributed by atoms with E-state index in [1.165, 1.54) is 0 Å². The quantitative estimate of drug-likeness (QED) is 0.553. The molecule has 3 rings (SSSR count). The van der Waals surface area contributed by atoms with Crippen molar-refractivity contribution in [3.8, 4) is 5.75 Å². The highest BCUT2D eigenvalue weighted by Gasteiger charge is 2.15. The smallest absolute Gasteiger partial charge is 0.251 e. The molecular formula is C21H22N2O2S2. The number of nitrogens with zero attached hydrogens (tertiary/aromatic N) is 1. The number of aryl methyl sites for hydroxylation is 1. The molecule has 1 aromatic heterocycles. The van der Waals surface area contributed by atoms with Gasteiger partial charge in [-0.15, -0.1) is 23.1 Å². The Bertz CT molecular complexity index is 893. The number of hydrogen-bond donors (Lipinski definition) is 1. The Hall–Kier alpha value is -2.31. The Balaban J connectivity index is 1.63. The highest BCUT2D eigenvalue weighted by atomic mass is 32.2. The Kier molecular flexibility index (Phi) is 6.53. The Morgan fingerprint density at radius 2 is 2.04 bits per heavy atom. The lowest BCUT2D eigenvalue weighted by molar-refractivity contribution is 0.0939. The van der Waals surface area contributed by atoms with E-state index >= 15 is 0 Å². The second-order valence-electron chi connectivity index (χ2n) is 6.23. The van der Waals surface area contributed by atoms with Crippen LogP contribution in [0.5, 0.6) is 5.75 Å². The number of ether oxygens (including phenoxy) is 1. The number of hydrogen-bond acceptors (Lipinski definition) is 5. The lowest BCUT2D eigenvalue weighted by Crippen LogP contribution is -2.27. The van der Waals surface area contributed by atoms with Crippen LogP contribution < -0.4 is 10.1 Å². The van der Waals surface area contributed by atoms with Gasteiger partial charge in [0.2, 0.25) is 0 Å². The van der Waals surface area contributed by atoms with Gasteiger partial charge in [0.25, 0.3) is 5.91 Å². The minimum absolute atomic E-state index is 0.0953. The molecule has 0 aliphatic heterocycles. The number of nitrogens with one attached hydrogen (secondary N) is 1. The van der Waals surface area contributed by atoms with Gasteiger partial charge in [-0.05, 0) is 44.2 Å². The summed E-state index contributed by atoms with van der Waals surface area (Å²) in [6.45, 7) is 3.99. The van der Waals surface area contributed by atoms with Crippen LogP contribution in [-0.2, 0) is 5.75 Å². The van der Waals surface area contributed by atoms with E-state index < -0.39 is 0 Å². The van der Waals surface area contributed by atoms with E-state index in [2.05, 4.69) is 15.7 Å². The van der Waals surface area contributed by atoms with Crippen molar-refractivity contribution in [3.63, 3.8) is 0 Å². The van der Waals surface area contributed by atoms with Gasteiger partial charge in [0.05, 0.1) is 24.4 Å². The Morgan fingerprint density at radius 1 is 1.26 bits per heavy atom. The summed E-state index contributed by atoms with van der Waals surface area (Å²) in [5, 5.41) is 5.11. The predicted molar refractivity (Wildman–Crippen MR) is 112 cm³/mol. The van der Waals surface area contributed by atoms with E-state index in [1.54, 1.807) is 30.2 Å². The molecule has 4 nitrogen and oxygen atoms in total. The van der Waals surface area contributed by atoms with Crippen molar-refractivity contribution < 1.29 is 9.53 Å². The first-order valence-corrected chi connectivity index (χ1v) is 10.5. The molecule has 0 saturated heterocycles. The molecule has 6 heteroatoms. The van der Waals surface area contributed by atoms with Crippen molar-refractivity contribution in [2.75, 3.05) is 7.11 Å². The minimum Gasteiger partial charge on any atom is -0.496 e. The number of thioether (sulfide) groups is 1. The summed E-state index contributed by atoms with van der Waals surface area (Å²) in [5.41, 5.74) is 5.67. The predicted octanol–water partition coefficient (Wildman–Crippen LogP) is 5.24. The van der Waals surface area contributed by atoms with E-state index in [9.17, 15) is 4.79 Å². The number of aromatic nitrogens is 1. The second kappa shape index (κ2) is 9.06. The van der Waals surface area contributed by atoms with E-state index in [1.807, 2.05) is 61.8 Å². The van der Waals surface area contributed by atoms with Crippen molar-refractivity contribution in [1.29, 1.82) is 0 Å². The third-order valence-electron chi connectivity index (χ3n) is 4.19. The maximum absolute atomic E-state index is 12.6. The zero-order valence-corrected chi connectivity index (χ0v) is 17.2. The maximum Gasteiger partial charge on any atom is 0.251 e. The maximum atomic E-state index is 12.6. The molecule has 1 N–H and O–H groups in total. The molecule has 1 amide bonds. The summed E-state index contributed by atoms with van der Waals surface area (Å²) < 4.78 is 5.42. The van der Waals surface area contributed by atoms with E-state index in [0.29, 0.717) is 5.56 Å². The monoisotopic (exact) mass is 398 g/mol. The van der Waals surface area contributed by atoms with Crippen LogP contribution in [0.4, 0.5) is 0 Å². The second-order valence-corrected chi connectivity index (χ2v) is 8.00. The fourth-order valence-corrected chi connectivity index (χ4v) is 4.18. The van der Waals surface area contributed by atoms with Crippen LogP contribution in [0, 0.1) is 6.92 Å². The van der Waals surface area contributed by atoms with Gasteiger partial charge in [0.1, 0.15) is 5.75 Å². The fourth-order valence-electron chi connectivity index (χ4n) is 2.72. The normalized spacial score (nSPS) is 11.8. The van der Waals surface area contributed by atoms with Gasteiger partial charge < -0.3 is 10.1 Å². The first-order chi connectivity index (χ1) is 13.1. The SMILES string of the molecule is COc1ccc(C)cc1C(C)NC(=O)c1ccc(SCc2cscn2)cc1. The van der Waals surface area contributed by atoms with Crippen molar-refractivity contribution >= 4 is 29.0 Å². The molecule has 1 unspecified atom stereocenters. The number of benzene rings is 2. The molecule has 3 aromatic rings. The van der Waals surface area contributed by atoms with Gasteiger partial charge in [-0.2, -0.15) is 0 Å². The number of thiazole rings is 1. The van der Waals surface area contributed by atoms with Gasteiger partial charge in [0.15, 0.2) is 0 Å². The molecule has 0 bridgehead atoms. The van der Waals surface area contributed by atoms with E-state index in [-0.39, 0.29) is 11.9 Å². The van der Waals surface area contributed by atoms with Gasteiger partial charge in [-0.1, -0.05) is 17.7 Å². The largest absolute Gasteiger partial charge is 0.496 e. The van der Waals surface area contributed by atoms with Gasteiger partial charge in [0, 0.05) is 27.2 Å². The number of amides is 1. The average molecular weight is 399 g/mol. The van der Waals surface area contributed by atoms with Gasteiger partial charge >= 0.3 is 0 Å². The van der Waals surface area contributed by atoms with Crippen LogP contribution in [0.15, 0.2) is 58.3 Å². The van der Waals surface area contributed by atoms with Crippen LogP contribution in [0.3, 0.4) is 0 Å². The summed E-state index contributed by atoms with van der Waals surface area (Å²) in [6.07, 6.45) is 0. The highest BCUT2D eigenvalue weighted by Crippen LogP contribution is 2.27. The van der Waals surface area contributed by atoms with Crippen LogP contribution in [-0.4, -0.2) is 18.0 Å². The average Bonchev–Trinajstić information content (AvgIpc) is 3.20. The number of carbonyl (C=O) groups excluding carboxylic acids is 1. The summed E-state index contributed by atoms with van der Waals surface area (Å²) in [6, 6.07) is 13.5. The number of carbonyl (C=O) groups is 1. The van der Waals surface area contributed by atoms with E-state index in [4.69, 9.17) is 4.74 Å². The molecular weight excluding hydrogens is 376 g/mol. The Morgan fingerprint density at radius 3 is 2.70 bits per heavy atom. The lowest BCUT2D eigenvalue weighted by Gasteiger charge is -2.18. The molecule has 0 aliphatic rings. The first kappa shape index (κ1) is 19.5. The van der Waals surface area contributed by atoms with Gasteiger partial charge in [-0.25, -0.2) is 4.98 Å². The zero-order chi connectivity index (χ0) is 19.2. The third-order valence-corrected chi connectivity index (χ3v) is 5.87. The molecule has 1 heterocycles. The molecule has 2 aromatic carbocycles. The minimum atomic E-state index is -0.147. The molecule has 0 aliphatic carbocycles. The molecule has 0 radical (unpaired) electrons. The molecule has 0 spiro atoms. The van der Waals surface area contributed by atoms with Gasteiger partial charge in [-0.3, -0.25) is 4.79 Å². The Labute approximate surface area is 168 Å². The van der Waals surface area contributed by atoms with Crippen molar-refractivity contribution in [2.45, 2.75) is 30.5 Å². The molecule has 0 fully saturated rings. The third kappa shape index (κ3) is 5.11. The topological polar surface area (TPSA) is 51.2 Å². The van der Waals surface area contributed by atoms with Crippen LogP contribution in [0.25, 0.3) is 0 Å². The van der Waals surface area contributed by atoms with Crippen molar-refractivity contribution in [3.05, 3.63) is 75.7 Å². The molecule has 1 atom stereocenters. The van der Waals surface area contributed by atoms with Crippen molar-refractivity contribution in [2.24, 2.45) is 0 Å². The standard InChI is InChI=1S/C21H22N2O2S2/c1-14-4-9-20(25-3)19(10-14)15(2)23-21(24)16-5-7-18(8-6-16)27-12-17-11-26-13-22-17/h4-11,13,15H,12H2,1-3H3,(H,23,24). The van der Waals surface area contributed by atoms with Crippen LogP contribution in [0.2, 0.25) is 0 Å². The summed E-state index contributed by atoms with van der Waals surface area (Å²) in [4.78, 5) is 18.0. The van der Waals surface area contributed by atoms with Crippen LogP contribution >= 0.6 is 23.1 Å². The zero-order valence-electron chi connectivity index (χ0n) is 15.6. The molecule has 27 heavy (non-hydrogen) atoms. The number of methoxy groups -OCH3 is 1. The summed E-state index contributed by atoms with van der Waals surface area (Å²) in [7, 11) is 1.64.